The van der Waals surface area contributed by atoms with Crippen molar-refractivity contribution in [2.75, 3.05) is 13.2 Å². The fourth-order valence-electron chi connectivity index (χ4n) is 1.58. The van der Waals surface area contributed by atoms with Crippen LogP contribution in [0.1, 0.15) is 34.1 Å². The van der Waals surface area contributed by atoms with Gasteiger partial charge in [0.2, 0.25) is 0 Å². The number of carbonyl (C=O) groups is 2. The van der Waals surface area contributed by atoms with Crippen molar-refractivity contribution < 1.29 is 19.1 Å². The Balaban J connectivity index is 2.53. The maximum absolute atomic E-state index is 11.8. The molecule has 0 aliphatic carbocycles. The quantitative estimate of drug-likeness (QED) is 0.710. The molecular weight excluding hydrogens is 234 g/mol. The summed E-state index contributed by atoms with van der Waals surface area (Å²) in [5.41, 5.74) is -0.511. The van der Waals surface area contributed by atoms with Gasteiger partial charge < -0.3 is 9.47 Å². The van der Waals surface area contributed by atoms with E-state index < -0.39 is 5.60 Å². The Labute approximate surface area is 108 Å². The Morgan fingerprint density at radius 1 is 1.39 bits per heavy atom. The highest BCUT2D eigenvalue weighted by Crippen LogP contribution is 2.18. The fourth-order valence-corrected chi connectivity index (χ4v) is 1.58. The third-order valence-corrected chi connectivity index (χ3v) is 2.40. The first-order valence-corrected chi connectivity index (χ1v) is 6.18. The zero-order valence-electron chi connectivity index (χ0n) is 11.4. The third kappa shape index (κ3) is 4.39. The van der Waals surface area contributed by atoms with Crippen LogP contribution in [-0.2, 0) is 14.3 Å². The van der Waals surface area contributed by atoms with Crippen LogP contribution in [-0.4, -0.2) is 35.7 Å². The van der Waals surface area contributed by atoms with E-state index in [0.717, 1.165) is 0 Å². The number of esters is 1. The zero-order chi connectivity index (χ0) is 13.8. The van der Waals surface area contributed by atoms with Crippen LogP contribution in [0.4, 0.5) is 4.79 Å². The molecule has 1 amide bonds. The van der Waals surface area contributed by atoms with E-state index in [1.54, 1.807) is 19.2 Å². The van der Waals surface area contributed by atoms with Gasteiger partial charge in [0, 0.05) is 12.7 Å². The van der Waals surface area contributed by atoms with Gasteiger partial charge in [-0.05, 0) is 34.1 Å². The van der Waals surface area contributed by atoms with Crippen LogP contribution in [0.25, 0.3) is 0 Å². The topological polar surface area (TPSA) is 55.8 Å². The van der Waals surface area contributed by atoms with Crippen molar-refractivity contribution in [1.29, 1.82) is 0 Å². The summed E-state index contributed by atoms with van der Waals surface area (Å²) < 4.78 is 10.2. The van der Waals surface area contributed by atoms with E-state index >= 15 is 0 Å². The van der Waals surface area contributed by atoms with E-state index in [1.165, 1.54) is 4.90 Å². The van der Waals surface area contributed by atoms with E-state index in [1.807, 2.05) is 20.8 Å². The van der Waals surface area contributed by atoms with Gasteiger partial charge in [-0.3, -0.25) is 9.69 Å². The van der Waals surface area contributed by atoms with E-state index in [2.05, 4.69) is 0 Å². The van der Waals surface area contributed by atoms with Gasteiger partial charge in [-0.25, -0.2) is 4.79 Å². The van der Waals surface area contributed by atoms with Crippen molar-refractivity contribution in [3.05, 3.63) is 12.3 Å². The minimum absolute atomic E-state index is 0.238. The van der Waals surface area contributed by atoms with Gasteiger partial charge in [0.05, 0.1) is 12.5 Å². The first kappa shape index (κ1) is 14.5. The second-order valence-electron chi connectivity index (χ2n) is 5.16. The van der Waals surface area contributed by atoms with E-state index in [-0.39, 0.29) is 18.0 Å². The van der Waals surface area contributed by atoms with Crippen molar-refractivity contribution in [2.24, 2.45) is 5.92 Å². The number of ether oxygens (including phenoxy) is 2. The van der Waals surface area contributed by atoms with Gasteiger partial charge in [0.15, 0.2) is 0 Å². The molecule has 18 heavy (non-hydrogen) atoms. The number of carbonyl (C=O) groups excluding carboxylic acids is 2. The lowest BCUT2D eigenvalue weighted by Crippen LogP contribution is -2.37. The summed E-state index contributed by atoms with van der Waals surface area (Å²) in [5.74, 6) is -0.499. The molecule has 0 saturated heterocycles. The predicted molar refractivity (Wildman–Crippen MR) is 66.8 cm³/mol. The average Bonchev–Trinajstić information content (AvgIpc) is 2.27. The summed E-state index contributed by atoms with van der Waals surface area (Å²) >= 11 is 0. The number of amides is 1. The second-order valence-corrected chi connectivity index (χ2v) is 5.16. The molecule has 1 rings (SSSR count). The largest absolute Gasteiger partial charge is 0.466 e. The van der Waals surface area contributed by atoms with Gasteiger partial charge in [-0.2, -0.15) is 0 Å². The van der Waals surface area contributed by atoms with Gasteiger partial charge in [0.25, 0.3) is 0 Å². The smallest absolute Gasteiger partial charge is 0.414 e. The summed E-state index contributed by atoms with van der Waals surface area (Å²) in [4.78, 5) is 24.7. The molecule has 0 radical (unpaired) electrons. The number of rotatable bonds is 2. The summed E-state index contributed by atoms with van der Waals surface area (Å²) in [7, 11) is 0. The Morgan fingerprint density at radius 2 is 2.06 bits per heavy atom. The molecule has 0 fully saturated rings. The molecule has 0 saturated carbocycles. The molecule has 0 bridgehead atoms. The van der Waals surface area contributed by atoms with Crippen molar-refractivity contribution >= 4 is 12.1 Å². The molecule has 5 heteroatoms. The van der Waals surface area contributed by atoms with Crippen LogP contribution < -0.4 is 0 Å². The van der Waals surface area contributed by atoms with Crippen molar-refractivity contribution in [3.63, 3.8) is 0 Å². The highest BCUT2D eigenvalue weighted by atomic mass is 16.6. The number of hydrogen-bond donors (Lipinski definition) is 0. The summed E-state index contributed by atoms with van der Waals surface area (Å²) in [6, 6.07) is 0. The summed E-state index contributed by atoms with van der Waals surface area (Å²) in [6.45, 7) is 8.07. The summed E-state index contributed by atoms with van der Waals surface area (Å²) in [6.07, 6.45) is 3.46. The van der Waals surface area contributed by atoms with Crippen molar-refractivity contribution in [2.45, 2.75) is 39.7 Å². The molecule has 1 unspecified atom stereocenters. The van der Waals surface area contributed by atoms with Crippen LogP contribution in [0.2, 0.25) is 0 Å². The van der Waals surface area contributed by atoms with E-state index in [0.29, 0.717) is 19.6 Å². The monoisotopic (exact) mass is 255 g/mol. The lowest BCUT2D eigenvalue weighted by molar-refractivity contribution is -0.146. The highest BCUT2D eigenvalue weighted by Gasteiger charge is 2.26. The van der Waals surface area contributed by atoms with Gasteiger partial charge in [-0.1, -0.05) is 6.08 Å². The molecule has 1 heterocycles. The standard InChI is InChI=1S/C13H21NO4/c1-5-17-11(15)10-6-8-14(9-7-10)12(16)18-13(2,3)4/h6,8,10H,5,7,9H2,1-4H3. The van der Waals surface area contributed by atoms with Crippen LogP contribution in [0.15, 0.2) is 12.3 Å². The maximum Gasteiger partial charge on any atom is 0.414 e. The minimum atomic E-state index is -0.511. The SMILES string of the molecule is CCOC(=O)C1C=CN(C(=O)OC(C)(C)C)CC1. The minimum Gasteiger partial charge on any atom is -0.466 e. The molecule has 1 aliphatic heterocycles. The van der Waals surface area contributed by atoms with Crippen LogP contribution >= 0.6 is 0 Å². The van der Waals surface area contributed by atoms with E-state index in [9.17, 15) is 9.59 Å². The lowest BCUT2D eigenvalue weighted by atomic mass is 10.0. The molecule has 0 N–H and O–H groups in total. The molecule has 0 spiro atoms. The predicted octanol–water partition coefficient (Wildman–Crippen LogP) is 2.32. The Morgan fingerprint density at radius 3 is 2.50 bits per heavy atom. The van der Waals surface area contributed by atoms with Crippen LogP contribution in [0.3, 0.4) is 0 Å². The van der Waals surface area contributed by atoms with Gasteiger partial charge in [0.1, 0.15) is 5.60 Å². The van der Waals surface area contributed by atoms with Crippen molar-refractivity contribution in [1.82, 2.24) is 4.90 Å². The normalized spacial score (nSPS) is 19.6. The third-order valence-electron chi connectivity index (χ3n) is 2.40. The molecule has 0 aromatic rings. The molecular formula is C13H21NO4. The van der Waals surface area contributed by atoms with Crippen molar-refractivity contribution in [3.8, 4) is 0 Å². The molecule has 102 valence electrons. The lowest BCUT2D eigenvalue weighted by Gasteiger charge is -2.28. The molecule has 0 aromatic carbocycles. The Bertz CT molecular complexity index is 343. The second kappa shape index (κ2) is 5.89. The van der Waals surface area contributed by atoms with Crippen LogP contribution in [0, 0.1) is 5.92 Å². The maximum atomic E-state index is 11.8. The van der Waals surface area contributed by atoms with Gasteiger partial charge >= 0.3 is 12.1 Å². The molecule has 1 aliphatic rings. The molecule has 0 aromatic heterocycles. The first-order chi connectivity index (χ1) is 8.33. The Kier molecular flexibility index (Phi) is 4.76. The van der Waals surface area contributed by atoms with Gasteiger partial charge in [-0.15, -0.1) is 0 Å². The zero-order valence-corrected chi connectivity index (χ0v) is 11.4. The average molecular weight is 255 g/mol. The molecule has 1 atom stereocenters. The van der Waals surface area contributed by atoms with E-state index in [4.69, 9.17) is 9.47 Å². The Hall–Kier alpha value is -1.52. The molecule has 5 nitrogen and oxygen atoms in total. The first-order valence-electron chi connectivity index (χ1n) is 6.18. The van der Waals surface area contributed by atoms with Crippen LogP contribution in [0.5, 0.6) is 0 Å². The number of nitrogens with zero attached hydrogens (tertiary/aromatic N) is 1. The number of hydrogen-bond acceptors (Lipinski definition) is 4. The highest BCUT2D eigenvalue weighted by molar-refractivity contribution is 5.76. The summed E-state index contributed by atoms with van der Waals surface area (Å²) in [5, 5.41) is 0. The fraction of sp³-hybridized carbons (Fsp3) is 0.692.